The molecule has 140 valence electrons. The number of hydrogen-bond acceptors (Lipinski definition) is 4. The number of carboxylic acid groups (broad SMARTS) is 2. The first-order valence-corrected chi connectivity index (χ1v) is 9.01. The normalized spacial score (nSPS) is 23.1. The van der Waals surface area contributed by atoms with E-state index in [1.807, 2.05) is 48.5 Å². The van der Waals surface area contributed by atoms with Crippen molar-refractivity contribution < 1.29 is 24.5 Å². The number of hydrogen-bond donors (Lipinski definition) is 3. The quantitative estimate of drug-likeness (QED) is 0.748. The molecule has 1 unspecified atom stereocenters. The van der Waals surface area contributed by atoms with Gasteiger partial charge in [-0.05, 0) is 37.3 Å². The molecular weight excluding hydrogens is 346 g/mol. The number of ether oxygens (including phenoxy) is 1. The standard InChI is InChI=1S/C21H21NO5/c22-21(20(25)26,13-9-12(10-13)19(23)24)11-16-14-5-1-3-7-17(14)27-18-8-4-2-6-15(16)18/h1-8,12-13,16H,9-11,22H2,(H,23,24)(H,25,26)/t12-,13-,21?. The van der Waals surface area contributed by atoms with Gasteiger partial charge in [-0.2, -0.15) is 0 Å². The molecule has 4 N–H and O–H groups in total. The molecule has 1 heterocycles. The largest absolute Gasteiger partial charge is 0.481 e. The van der Waals surface area contributed by atoms with Gasteiger partial charge in [0.2, 0.25) is 0 Å². The molecule has 1 aliphatic carbocycles. The zero-order valence-corrected chi connectivity index (χ0v) is 14.7. The molecule has 0 bridgehead atoms. The summed E-state index contributed by atoms with van der Waals surface area (Å²) in [6.45, 7) is 0. The third kappa shape index (κ3) is 2.86. The predicted molar refractivity (Wildman–Crippen MR) is 97.8 cm³/mol. The summed E-state index contributed by atoms with van der Waals surface area (Å²) in [5, 5.41) is 19.0. The van der Waals surface area contributed by atoms with Crippen LogP contribution >= 0.6 is 0 Å². The highest BCUT2D eigenvalue weighted by Gasteiger charge is 2.52. The van der Waals surface area contributed by atoms with Gasteiger partial charge in [-0.15, -0.1) is 0 Å². The second kappa shape index (κ2) is 6.39. The minimum atomic E-state index is -1.49. The molecule has 0 aromatic heterocycles. The van der Waals surface area contributed by atoms with Crippen LogP contribution in [0.3, 0.4) is 0 Å². The first-order chi connectivity index (χ1) is 12.9. The van der Waals surface area contributed by atoms with E-state index in [4.69, 9.17) is 15.6 Å². The Hall–Kier alpha value is -2.86. The van der Waals surface area contributed by atoms with Gasteiger partial charge in [-0.3, -0.25) is 9.59 Å². The van der Waals surface area contributed by atoms with E-state index in [2.05, 4.69) is 0 Å². The molecule has 0 spiro atoms. The van der Waals surface area contributed by atoms with Crippen molar-refractivity contribution in [3.63, 3.8) is 0 Å². The SMILES string of the molecule is NC(CC1c2ccccc2Oc2ccccc21)(C(=O)O)[C@H]1C[C@H](C(=O)O)C1. The van der Waals surface area contributed by atoms with Gasteiger partial charge in [0.1, 0.15) is 17.0 Å². The van der Waals surface area contributed by atoms with Gasteiger partial charge < -0.3 is 20.7 Å². The van der Waals surface area contributed by atoms with Crippen LogP contribution in [-0.2, 0) is 9.59 Å². The predicted octanol–water partition coefficient (Wildman–Crippen LogP) is 3.21. The maximum absolute atomic E-state index is 12.1. The average molecular weight is 367 g/mol. The van der Waals surface area contributed by atoms with Crippen LogP contribution in [0.1, 0.15) is 36.3 Å². The first kappa shape index (κ1) is 17.5. The summed E-state index contributed by atoms with van der Waals surface area (Å²) in [5.74, 6) is -1.67. The lowest BCUT2D eigenvalue weighted by Gasteiger charge is -2.45. The van der Waals surface area contributed by atoms with Gasteiger partial charge in [0.05, 0.1) is 5.92 Å². The molecular formula is C21H21NO5. The van der Waals surface area contributed by atoms with Crippen molar-refractivity contribution in [3.05, 3.63) is 59.7 Å². The van der Waals surface area contributed by atoms with Crippen molar-refractivity contribution in [1.29, 1.82) is 0 Å². The van der Waals surface area contributed by atoms with Crippen molar-refractivity contribution in [2.45, 2.75) is 30.7 Å². The highest BCUT2D eigenvalue weighted by Crippen LogP contribution is 2.50. The van der Waals surface area contributed by atoms with Crippen molar-refractivity contribution in [3.8, 4) is 11.5 Å². The lowest BCUT2D eigenvalue weighted by molar-refractivity contribution is -0.156. The number of para-hydroxylation sites is 2. The Bertz CT molecular complexity index is 859. The molecule has 27 heavy (non-hydrogen) atoms. The Morgan fingerprint density at radius 3 is 2.00 bits per heavy atom. The molecule has 4 rings (SSSR count). The minimum Gasteiger partial charge on any atom is -0.481 e. The minimum absolute atomic E-state index is 0.191. The Morgan fingerprint density at radius 1 is 1.00 bits per heavy atom. The Morgan fingerprint density at radius 2 is 1.52 bits per heavy atom. The second-order valence-electron chi connectivity index (χ2n) is 7.48. The highest BCUT2D eigenvalue weighted by molar-refractivity contribution is 5.81. The van der Waals surface area contributed by atoms with E-state index in [9.17, 15) is 14.7 Å². The maximum Gasteiger partial charge on any atom is 0.323 e. The third-order valence-corrected chi connectivity index (χ3v) is 5.96. The van der Waals surface area contributed by atoms with Crippen LogP contribution in [0, 0.1) is 11.8 Å². The highest BCUT2D eigenvalue weighted by atomic mass is 16.5. The molecule has 1 atom stereocenters. The van der Waals surface area contributed by atoms with Crippen LogP contribution in [0.5, 0.6) is 11.5 Å². The van der Waals surface area contributed by atoms with Crippen molar-refractivity contribution >= 4 is 11.9 Å². The fourth-order valence-electron chi connectivity index (χ4n) is 4.24. The number of nitrogens with two attached hydrogens (primary N) is 1. The molecule has 1 fully saturated rings. The van der Waals surface area contributed by atoms with Crippen LogP contribution in [0.2, 0.25) is 0 Å². The summed E-state index contributed by atoms with van der Waals surface area (Å²) >= 11 is 0. The molecule has 0 amide bonds. The number of carbonyl (C=O) groups is 2. The number of rotatable bonds is 5. The van der Waals surface area contributed by atoms with E-state index in [0.717, 1.165) is 11.1 Å². The molecule has 0 radical (unpaired) electrons. The summed E-state index contributed by atoms with van der Waals surface area (Å²) in [4.78, 5) is 23.3. The summed E-state index contributed by atoms with van der Waals surface area (Å²) in [7, 11) is 0. The van der Waals surface area contributed by atoms with Crippen LogP contribution in [0.4, 0.5) is 0 Å². The summed E-state index contributed by atoms with van der Waals surface area (Å²) < 4.78 is 5.97. The summed E-state index contributed by atoms with van der Waals surface area (Å²) in [6.07, 6.45) is 0.784. The van der Waals surface area contributed by atoms with E-state index in [1.54, 1.807) is 0 Å². The van der Waals surface area contributed by atoms with Gasteiger partial charge in [-0.1, -0.05) is 36.4 Å². The maximum atomic E-state index is 12.1. The Balaban J connectivity index is 1.70. The first-order valence-electron chi connectivity index (χ1n) is 9.01. The molecule has 2 aliphatic rings. The monoisotopic (exact) mass is 367 g/mol. The van der Waals surface area contributed by atoms with Crippen LogP contribution in [-0.4, -0.2) is 27.7 Å². The van der Waals surface area contributed by atoms with Crippen molar-refractivity contribution in [2.24, 2.45) is 17.6 Å². The smallest absolute Gasteiger partial charge is 0.323 e. The molecule has 0 saturated heterocycles. The second-order valence-corrected chi connectivity index (χ2v) is 7.48. The zero-order chi connectivity index (χ0) is 19.2. The van der Waals surface area contributed by atoms with E-state index in [-0.39, 0.29) is 18.3 Å². The fraction of sp³-hybridized carbons (Fsp3) is 0.333. The molecule has 6 nitrogen and oxygen atoms in total. The lowest BCUT2D eigenvalue weighted by atomic mass is 9.61. The van der Waals surface area contributed by atoms with Gasteiger partial charge in [0.25, 0.3) is 0 Å². The van der Waals surface area contributed by atoms with Gasteiger partial charge in [0.15, 0.2) is 0 Å². The van der Waals surface area contributed by atoms with Crippen LogP contribution in [0.25, 0.3) is 0 Å². The number of benzene rings is 2. The summed E-state index contributed by atoms with van der Waals surface area (Å²) in [5.41, 5.74) is 6.74. The molecule has 2 aromatic carbocycles. The number of carboxylic acids is 2. The third-order valence-electron chi connectivity index (χ3n) is 5.96. The van der Waals surface area contributed by atoms with Gasteiger partial charge in [-0.25, -0.2) is 0 Å². The van der Waals surface area contributed by atoms with Crippen LogP contribution in [0.15, 0.2) is 48.5 Å². The van der Waals surface area contributed by atoms with Crippen molar-refractivity contribution in [1.82, 2.24) is 0 Å². The van der Waals surface area contributed by atoms with Crippen LogP contribution < -0.4 is 10.5 Å². The van der Waals surface area contributed by atoms with E-state index in [0.29, 0.717) is 24.3 Å². The topological polar surface area (TPSA) is 110 Å². The van der Waals surface area contributed by atoms with Crippen molar-refractivity contribution in [2.75, 3.05) is 0 Å². The Labute approximate surface area is 156 Å². The zero-order valence-electron chi connectivity index (χ0n) is 14.7. The lowest BCUT2D eigenvalue weighted by Crippen LogP contribution is -2.59. The molecule has 1 saturated carbocycles. The Kier molecular flexibility index (Phi) is 4.15. The fourth-order valence-corrected chi connectivity index (χ4v) is 4.24. The van der Waals surface area contributed by atoms with E-state index >= 15 is 0 Å². The number of aliphatic carboxylic acids is 2. The van der Waals surface area contributed by atoms with E-state index in [1.165, 1.54) is 0 Å². The van der Waals surface area contributed by atoms with E-state index < -0.39 is 23.4 Å². The molecule has 2 aromatic rings. The summed E-state index contributed by atoms with van der Waals surface area (Å²) in [6, 6.07) is 15.1. The molecule has 1 aliphatic heterocycles. The van der Waals surface area contributed by atoms with Gasteiger partial charge in [0, 0.05) is 17.0 Å². The molecule has 6 heteroatoms. The average Bonchev–Trinajstić information content (AvgIpc) is 2.59. The van der Waals surface area contributed by atoms with Gasteiger partial charge >= 0.3 is 11.9 Å². The number of fused-ring (bicyclic) bond motifs is 2.